The molecule has 0 unspecified atom stereocenters. The molecule has 0 aliphatic heterocycles. The molecule has 1 aliphatic rings. The van der Waals surface area contributed by atoms with E-state index in [4.69, 9.17) is 11.6 Å². The minimum absolute atomic E-state index is 0.0300. The van der Waals surface area contributed by atoms with E-state index in [0.29, 0.717) is 17.9 Å². The van der Waals surface area contributed by atoms with Crippen molar-refractivity contribution in [3.63, 3.8) is 0 Å². The molecule has 0 aromatic heterocycles. The summed E-state index contributed by atoms with van der Waals surface area (Å²) in [5.74, 6) is 1.25. The standard InChI is InChI=1S/C11H20ClNO/c1-7-5-4-6-10(8(7)2)13-11(14)9(3)12/h7-10H,4-6H2,1-3H3,(H,13,14)/t7-,8+,9+,10+/m0/s1. The van der Waals surface area contributed by atoms with Gasteiger partial charge in [0.1, 0.15) is 5.38 Å². The van der Waals surface area contributed by atoms with Gasteiger partial charge in [-0.25, -0.2) is 0 Å². The molecule has 1 saturated carbocycles. The normalized spacial score (nSPS) is 35.0. The van der Waals surface area contributed by atoms with Gasteiger partial charge in [-0.15, -0.1) is 11.6 Å². The van der Waals surface area contributed by atoms with Crippen LogP contribution in [0.3, 0.4) is 0 Å². The quantitative estimate of drug-likeness (QED) is 0.708. The van der Waals surface area contributed by atoms with Gasteiger partial charge < -0.3 is 5.32 Å². The molecule has 2 nitrogen and oxygen atoms in total. The van der Waals surface area contributed by atoms with Crippen LogP contribution < -0.4 is 5.32 Å². The number of rotatable bonds is 2. The molecule has 1 aliphatic carbocycles. The number of amides is 1. The molecule has 1 fully saturated rings. The molecule has 0 saturated heterocycles. The summed E-state index contributed by atoms with van der Waals surface area (Å²) in [5.41, 5.74) is 0. The fraction of sp³-hybridized carbons (Fsp3) is 0.909. The molecule has 14 heavy (non-hydrogen) atoms. The van der Waals surface area contributed by atoms with E-state index in [2.05, 4.69) is 19.2 Å². The maximum absolute atomic E-state index is 11.4. The predicted molar refractivity (Wildman–Crippen MR) is 59.4 cm³/mol. The molecule has 4 atom stereocenters. The Labute approximate surface area is 91.4 Å². The number of hydrogen-bond acceptors (Lipinski definition) is 1. The van der Waals surface area contributed by atoms with Gasteiger partial charge in [0.15, 0.2) is 0 Å². The fourth-order valence-electron chi connectivity index (χ4n) is 2.08. The van der Waals surface area contributed by atoms with Gasteiger partial charge in [-0.2, -0.15) is 0 Å². The van der Waals surface area contributed by atoms with Gasteiger partial charge in [0.05, 0.1) is 0 Å². The van der Waals surface area contributed by atoms with Gasteiger partial charge in [0.2, 0.25) is 5.91 Å². The van der Waals surface area contributed by atoms with E-state index in [1.165, 1.54) is 12.8 Å². The lowest BCUT2D eigenvalue weighted by atomic mass is 9.78. The van der Waals surface area contributed by atoms with Gasteiger partial charge in [-0.1, -0.05) is 26.7 Å². The van der Waals surface area contributed by atoms with E-state index in [0.717, 1.165) is 6.42 Å². The summed E-state index contributed by atoms with van der Waals surface area (Å²) >= 11 is 5.72. The predicted octanol–water partition coefficient (Wildman–Crippen LogP) is 2.55. The van der Waals surface area contributed by atoms with Crippen molar-refractivity contribution in [3.8, 4) is 0 Å². The highest BCUT2D eigenvalue weighted by Gasteiger charge is 2.28. The van der Waals surface area contributed by atoms with Crippen LogP contribution in [0, 0.1) is 11.8 Å². The second kappa shape index (κ2) is 5.01. The van der Waals surface area contributed by atoms with Gasteiger partial charge in [-0.3, -0.25) is 4.79 Å². The molecule has 0 aromatic rings. The first kappa shape index (κ1) is 11.8. The van der Waals surface area contributed by atoms with E-state index in [1.807, 2.05) is 0 Å². The lowest BCUT2D eigenvalue weighted by molar-refractivity contribution is -0.121. The molecular formula is C11H20ClNO. The minimum Gasteiger partial charge on any atom is -0.352 e. The van der Waals surface area contributed by atoms with Crippen molar-refractivity contribution in [2.45, 2.75) is 51.5 Å². The van der Waals surface area contributed by atoms with Gasteiger partial charge in [0.25, 0.3) is 0 Å². The second-order valence-electron chi connectivity index (χ2n) is 4.50. The first-order valence-electron chi connectivity index (χ1n) is 5.46. The van der Waals surface area contributed by atoms with Gasteiger partial charge in [0, 0.05) is 6.04 Å². The van der Waals surface area contributed by atoms with Gasteiger partial charge in [-0.05, 0) is 25.2 Å². The maximum atomic E-state index is 11.4. The summed E-state index contributed by atoms with van der Waals surface area (Å²) in [6, 6.07) is 0.326. The summed E-state index contributed by atoms with van der Waals surface area (Å²) in [5, 5.41) is 2.61. The van der Waals surface area contributed by atoms with E-state index in [9.17, 15) is 4.79 Å². The van der Waals surface area contributed by atoms with Crippen LogP contribution in [0.2, 0.25) is 0 Å². The van der Waals surface area contributed by atoms with Crippen LogP contribution in [0.25, 0.3) is 0 Å². The Morgan fingerprint density at radius 1 is 1.43 bits per heavy atom. The van der Waals surface area contributed by atoms with Crippen molar-refractivity contribution in [3.05, 3.63) is 0 Å². The number of carbonyl (C=O) groups excluding carboxylic acids is 1. The summed E-state index contributed by atoms with van der Waals surface area (Å²) in [4.78, 5) is 11.4. The summed E-state index contributed by atoms with van der Waals surface area (Å²) in [6.07, 6.45) is 3.60. The Kier molecular flexibility index (Phi) is 4.24. The maximum Gasteiger partial charge on any atom is 0.237 e. The molecule has 1 N–H and O–H groups in total. The fourth-order valence-corrected chi connectivity index (χ4v) is 2.15. The minimum atomic E-state index is -0.417. The Hall–Kier alpha value is -0.240. The zero-order valence-corrected chi connectivity index (χ0v) is 9.97. The van der Waals surface area contributed by atoms with Crippen molar-refractivity contribution >= 4 is 17.5 Å². The highest BCUT2D eigenvalue weighted by Crippen LogP contribution is 2.29. The van der Waals surface area contributed by atoms with Crippen LogP contribution in [-0.4, -0.2) is 17.3 Å². The van der Waals surface area contributed by atoms with Gasteiger partial charge >= 0.3 is 0 Å². The van der Waals surface area contributed by atoms with Crippen LogP contribution in [0.5, 0.6) is 0 Å². The number of alkyl halides is 1. The summed E-state index contributed by atoms with van der Waals surface area (Å²) in [7, 11) is 0. The largest absolute Gasteiger partial charge is 0.352 e. The van der Waals surface area contributed by atoms with E-state index >= 15 is 0 Å². The summed E-state index contributed by atoms with van der Waals surface area (Å²) in [6.45, 7) is 6.19. The number of hydrogen-bond donors (Lipinski definition) is 1. The molecule has 1 rings (SSSR count). The molecule has 0 spiro atoms. The lowest BCUT2D eigenvalue weighted by Crippen LogP contribution is -2.45. The van der Waals surface area contributed by atoms with Crippen LogP contribution >= 0.6 is 11.6 Å². The molecule has 0 radical (unpaired) electrons. The van der Waals surface area contributed by atoms with Crippen molar-refractivity contribution in [1.82, 2.24) is 5.32 Å². The number of carbonyl (C=O) groups is 1. The van der Waals surface area contributed by atoms with Crippen molar-refractivity contribution in [2.24, 2.45) is 11.8 Å². The third kappa shape index (κ3) is 2.88. The highest BCUT2D eigenvalue weighted by atomic mass is 35.5. The smallest absolute Gasteiger partial charge is 0.237 e. The Balaban J connectivity index is 2.47. The topological polar surface area (TPSA) is 29.1 Å². The monoisotopic (exact) mass is 217 g/mol. The molecule has 0 aromatic carbocycles. The molecule has 0 heterocycles. The average molecular weight is 218 g/mol. The number of halogens is 1. The van der Waals surface area contributed by atoms with Crippen LogP contribution in [-0.2, 0) is 4.79 Å². The van der Waals surface area contributed by atoms with Crippen LogP contribution in [0.15, 0.2) is 0 Å². The Morgan fingerprint density at radius 3 is 2.64 bits per heavy atom. The first-order valence-corrected chi connectivity index (χ1v) is 5.90. The summed E-state index contributed by atoms with van der Waals surface area (Å²) < 4.78 is 0. The van der Waals surface area contributed by atoms with E-state index < -0.39 is 5.38 Å². The lowest BCUT2D eigenvalue weighted by Gasteiger charge is -2.34. The number of nitrogens with one attached hydrogen (secondary N) is 1. The molecular weight excluding hydrogens is 198 g/mol. The zero-order valence-electron chi connectivity index (χ0n) is 9.22. The molecule has 0 bridgehead atoms. The van der Waals surface area contributed by atoms with Crippen molar-refractivity contribution in [2.75, 3.05) is 0 Å². The van der Waals surface area contributed by atoms with E-state index in [-0.39, 0.29) is 5.91 Å². The van der Waals surface area contributed by atoms with Crippen molar-refractivity contribution in [1.29, 1.82) is 0 Å². The first-order chi connectivity index (χ1) is 6.52. The highest BCUT2D eigenvalue weighted by molar-refractivity contribution is 6.30. The van der Waals surface area contributed by atoms with Crippen molar-refractivity contribution < 1.29 is 4.79 Å². The average Bonchev–Trinajstić information content (AvgIpc) is 2.12. The Morgan fingerprint density at radius 2 is 2.07 bits per heavy atom. The third-order valence-corrected chi connectivity index (χ3v) is 3.59. The molecule has 82 valence electrons. The molecule has 1 amide bonds. The van der Waals surface area contributed by atoms with Crippen LogP contribution in [0.1, 0.15) is 40.0 Å². The van der Waals surface area contributed by atoms with Crippen LogP contribution in [0.4, 0.5) is 0 Å². The van der Waals surface area contributed by atoms with E-state index in [1.54, 1.807) is 6.92 Å². The molecule has 3 heteroatoms. The SMILES string of the molecule is C[C@@H]1[C@@H](C)CCC[C@H]1NC(=O)[C@@H](C)Cl. The Bertz CT molecular complexity index is 205. The second-order valence-corrected chi connectivity index (χ2v) is 5.15. The third-order valence-electron chi connectivity index (χ3n) is 3.40. The zero-order chi connectivity index (χ0) is 10.7.